The molecule has 0 aliphatic rings. The normalized spacial score (nSPS) is 11.0. The van der Waals surface area contributed by atoms with E-state index in [9.17, 15) is 14.3 Å². The summed E-state index contributed by atoms with van der Waals surface area (Å²) in [6.45, 7) is 0.444. The number of aldehydes is 1. The van der Waals surface area contributed by atoms with Gasteiger partial charge in [-0.2, -0.15) is 0 Å². The molecule has 0 saturated heterocycles. The van der Waals surface area contributed by atoms with Crippen molar-refractivity contribution in [2.24, 2.45) is 0 Å². The number of benzene rings is 3. The van der Waals surface area contributed by atoms with Crippen molar-refractivity contribution in [3.63, 3.8) is 0 Å². The van der Waals surface area contributed by atoms with Gasteiger partial charge in [0.05, 0.1) is 6.54 Å². The van der Waals surface area contributed by atoms with Crippen LogP contribution in [0.25, 0.3) is 22.0 Å². The largest absolute Gasteiger partial charge is 0.457 e. The maximum Gasteiger partial charge on any atom is 0.139 e. The van der Waals surface area contributed by atoms with Crippen LogP contribution in [0.3, 0.4) is 0 Å². The fourth-order valence-electron chi connectivity index (χ4n) is 3.60. The van der Waals surface area contributed by atoms with Gasteiger partial charge in [-0.15, -0.1) is 0 Å². The average Bonchev–Trinajstić information content (AvgIpc) is 3.11. The Hall–Kier alpha value is -3.44. The van der Waals surface area contributed by atoms with E-state index in [0.717, 1.165) is 40.3 Å². The fraction of sp³-hybridized carbons (Fsp3) is 0.160. The summed E-state index contributed by atoms with van der Waals surface area (Å²) in [4.78, 5) is 11.0. The van der Waals surface area contributed by atoms with Crippen LogP contribution in [-0.4, -0.2) is 22.6 Å². The van der Waals surface area contributed by atoms with Crippen LogP contribution in [0.5, 0.6) is 11.5 Å². The van der Waals surface area contributed by atoms with Gasteiger partial charge in [-0.05, 0) is 78.1 Å². The SMILES string of the molecule is O=CCn1cc(CCCO)c2cc(-c3ccc(Oc4ccc(F)cc4)cc3)ccc21. The minimum Gasteiger partial charge on any atom is -0.457 e. The number of ether oxygens (including phenoxy) is 1. The Balaban J connectivity index is 1.61. The molecule has 30 heavy (non-hydrogen) atoms. The van der Waals surface area contributed by atoms with Crippen molar-refractivity contribution >= 4 is 17.2 Å². The van der Waals surface area contributed by atoms with Gasteiger partial charge in [0.25, 0.3) is 0 Å². The number of hydrogen-bond acceptors (Lipinski definition) is 3. The molecule has 0 spiro atoms. The van der Waals surface area contributed by atoms with Gasteiger partial charge in [-0.1, -0.05) is 18.2 Å². The van der Waals surface area contributed by atoms with E-state index in [2.05, 4.69) is 6.07 Å². The third-order valence-corrected chi connectivity index (χ3v) is 5.08. The van der Waals surface area contributed by atoms with Crippen LogP contribution in [0.1, 0.15) is 12.0 Å². The molecular formula is C25H22FNO3. The molecule has 0 amide bonds. The Bertz CT molecular complexity index is 1150. The van der Waals surface area contributed by atoms with Crippen molar-refractivity contribution in [3.05, 3.63) is 84.3 Å². The topological polar surface area (TPSA) is 51.5 Å². The standard InChI is InChI=1S/C25H22FNO3/c26-21-6-10-23(11-7-21)30-22-8-3-18(4-9-22)19-5-12-25-24(16-19)20(2-1-14-28)17-27(25)13-15-29/h3-12,15-17,28H,1-2,13-14H2. The zero-order valence-electron chi connectivity index (χ0n) is 16.4. The lowest BCUT2D eigenvalue weighted by Gasteiger charge is -2.08. The molecule has 0 fully saturated rings. The second-order valence-corrected chi connectivity index (χ2v) is 7.11. The number of carbonyl (C=O) groups excluding carboxylic acids is 1. The summed E-state index contributed by atoms with van der Waals surface area (Å²) in [5.41, 5.74) is 4.23. The Morgan fingerprint density at radius 1 is 0.933 bits per heavy atom. The van der Waals surface area contributed by atoms with E-state index in [4.69, 9.17) is 4.74 Å². The zero-order valence-corrected chi connectivity index (χ0v) is 16.4. The summed E-state index contributed by atoms with van der Waals surface area (Å²) >= 11 is 0. The highest BCUT2D eigenvalue weighted by molar-refractivity contribution is 5.89. The first kappa shape index (κ1) is 19.9. The van der Waals surface area contributed by atoms with Crippen molar-refractivity contribution in [1.29, 1.82) is 0 Å². The van der Waals surface area contributed by atoms with Gasteiger partial charge in [-0.3, -0.25) is 0 Å². The monoisotopic (exact) mass is 403 g/mol. The highest BCUT2D eigenvalue weighted by Crippen LogP contribution is 2.30. The van der Waals surface area contributed by atoms with Gasteiger partial charge in [-0.25, -0.2) is 4.39 Å². The molecule has 4 nitrogen and oxygen atoms in total. The lowest BCUT2D eigenvalue weighted by molar-refractivity contribution is -0.108. The first-order valence-electron chi connectivity index (χ1n) is 9.88. The first-order chi connectivity index (χ1) is 14.7. The van der Waals surface area contributed by atoms with Gasteiger partial charge in [0.1, 0.15) is 23.6 Å². The van der Waals surface area contributed by atoms with E-state index in [1.54, 1.807) is 12.1 Å². The van der Waals surface area contributed by atoms with Crippen molar-refractivity contribution in [2.45, 2.75) is 19.4 Å². The number of aliphatic hydroxyl groups is 1. The zero-order chi connectivity index (χ0) is 20.9. The van der Waals surface area contributed by atoms with Crippen molar-refractivity contribution in [1.82, 2.24) is 4.57 Å². The molecule has 4 aromatic rings. The number of fused-ring (bicyclic) bond motifs is 1. The van der Waals surface area contributed by atoms with Crippen LogP contribution in [0.4, 0.5) is 4.39 Å². The highest BCUT2D eigenvalue weighted by atomic mass is 19.1. The number of rotatable bonds is 8. The van der Waals surface area contributed by atoms with E-state index in [1.165, 1.54) is 12.1 Å². The number of carbonyl (C=O) groups is 1. The van der Waals surface area contributed by atoms with E-state index >= 15 is 0 Å². The van der Waals surface area contributed by atoms with E-state index in [1.807, 2.05) is 47.2 Å². The maximum absolute atomic E-state index is 13.0. The van der Waals surface area contributed by atoms with Crippen LogP contribution >= 0.6 is 0 Å². The Morgan fingerprint density at radius 3 is 2.27 bits per heavy atom. The molecule has 152 valence electrons. The molecule has 0 saturated carbocycles. The van der Waals surface area contributed by atoms with Crippen molar-refractivity contribution < 1.29 is 19.0 Å². The average molecular weight is 403 g/mol. The van der Waals surface area contributed by atoms with Crippen LogP contribution in [0.15, 0.2) is 72.9 Å². The molecule has 0 atom stereocenters. The summed E-state index contributed by atoms with van der Waals surface area (Å²) in [5.74, 6) is 0.955. The summed E-state index contributed by atoms with van der Waals surface area (Å²) < 4.78 is 20.7. The summed E-state index contributed by atoms with van der Waals surface area (Å²) in [7, 11) is 0. The third kappa shape index (κ3) is 4.26. The van der Waals surface area contributed by atoms with Crippen LogP contribution < -0.4 is 4.74 Å². The minimum absolute atomic E-state index is 0.134. The molecule has 0 radical (unpaired) electrons. The van der Waals surface area contributed by atoms with Gasteiger partial charge in [0.2, 0.25) is 0 Å². The lowest BCUT2D eigenvalue weighted by atomic mass is 10.0. The molecule has 0 aliphatic heterocycles. The molecule has 5 heteroatoms. The quantitative estimate of drug-likeness (QED) is 0.403. The first-order valence-corrected chi connectivity index (χ1v) is 9.88. The van der Waals surface area contributed by atoms with Crippen molar-refractivity contribution in [2.75, 3.05) is 6.61 Å². The van der Waals surface area contributed by atoms with Gasteiger partial charge in [0.15, 0.2) is 0 Å². The molecule has 1 heterocycles. The molecule has 4 rings (SSSR count). The van der Waals surface area contributed by atoms with Gasteiger partial charge >= 0.3 is 0 Å². The summed E-state index contributed by atoms with van der Waals surface area (Å²) in [6.07, 6.45) is 4.33. The second kappa shape index (κ2) is 8.93. The smallest absolute Gasteiger partial charge is 0.139 e. The number of nitrogens with zero attached hydrogens (tertiary/aromatic N) is 1. The van der Waals surface area contributed by atoms with E-state index in [-0.39, 0.29) is 12.4 Å². The van der Waals surface area contributed by atoms with Gasteiger partial charge in [0, 0.05) is 23.7 Å². The third-order valence-electron chi connectivity index (χ3n) is 5.08. The number of aliphatic hydroxyl groups excluding tert-OH is 1. The number of hydrogen-bond donors (Lipinski definition) is 1. The predicted molar refractivity (Wildman–Crippen MR) is 115 cm³/mol. The molecule has 0 unspecified atom stereocenters. The molecule has 1 aromatic heterocycles. The highest BCUT2D eigenvalue weighted by Gasteiger charge is 2.10. The number of aromatic nitrogens is 1. The van der Waals surface area contributed by atoms with Crippen molar-refractivity contribution in [3.8, 4) is 22.6 Å². The second-order valence-electron chi connectivity index (χ2n) is 7.11. The van der Waals surface area contributed by atoms with Crippen LogP contribution in [0.2, 0.25) is 0 Å². The molecule has 3 aromatic carbocycles. The molecular weight excluding hydrogens is 381 g/mol. The summed E-state index contributed by atoms with van der Waals surface area (Å²) in [5, 5.41) is 10.3. The molecule has 0 aliphatic carbocycles. The predicted octanol–water partition coefficient (Wildman–Crippen LogP) is 5.36. The number of halogens is 1. The van der Waals surface area contributed by atoms with Crippen LogP contribution in [0, 0.1) is 5.82 Å². The molecule has 1 N–H and O–H groups in total. The Morgan fingerprint density at radius 2 is 1.60 bits per heavy atom. The Kier molecular flexibility index (Phi) is 5.91. The Labute approximate surface area is 174 Å². The number of aryl methyl sites for hydroxylation is 1. The minimum atomic E-state index is -0.298. The maximum atomic E-state index is 13.0. The van der Waals surface area contributed by atoms with E-state index in [0.29, 0.717) is 24.5 Å². The van der Waals surface area contributed by atoms with Gasteiger partial charge < -0.3 is 19.2 Å². The lowest BCUT2D eigenvalue weighted by Crippen LogP contribution is -1.96. The van der Waals surface area contributed by atoms with E-state index < -0.39 is 0 Å². The summed E-state index contributed by atoms with van der Waals surface area (Å²) in [6, 6.07) is 19.8. The van der Waals surface area contributed by atoms with Crippen LogP contribution in [-0.2, 0) is 17.8 Å². The molecule has 0 bridgehead atoms. The fourth-order valence-corrected chi connectivity index (χ4v) is 3.60.